The zero-order valence-corrected chi connectivity index (χ0v) is 19.9. The van der Waals surface area contributed by atoms with Crippen molar-refractivity contribution < 1.29 is 18.7 Å². The van der Waals surface area contributed by atoms with E-state index in [0.717, 1.165) is 16.3 Å². The monoisotopic (exact) mass is 493 g/mol. The summed E-state index contributed by atoms with van der Waals surface area (Å²) in [5.74, 6) is -0.486. The highest BCUT2D eigenvalue weighted by atomic mass is 16.5. The average Bonchev–Trinajstić information content (AvgIpc) is 3.63. The lowest BCUT2D eigenvalue weighted by atomic mass is 10.00. The third-order valence-corrected chi connectivity index (χ3v) is 5.76. The van der Waals surface area contributed by atoms with E-state index < -0.39 is 18.5 Å². The number of benzene rings is 3. The minimum Gasteiger partial charge on any atom is -0.465 e. The molecule has 5 aromatic rings. The molecule has 0 bridgehead atoms. The summed E-state index contributed by atoms with van der Waals surface area (Å²) in [6.07, 6.45) is 2.94. The van der Waals surface area contributed by atoms with Crippen LogP contribution in [0.3, 0.4) is 0 Å². The van der Waals surface area contributed by atoms with E-state index >= 15 is 0 Å². The Morgan fingerprint density at radius 1 is 1.00 bits per heavy atom. The predicted molar refractivity (Wildman–Crippen MR) is 138 cm³/mol. The number of nitrogens with zero attached hydrogens (tertiary/aromatic N) is 4. The zero-order chi connectivity index (χ0) is 25.6. The van der Waals surface area contributed by atoms with Crippen molar-refractivity contribution in [3.8, 4) is 11.4 Å². The molecular weight excluding hydrogens is 470 g/mol. The molecule has 0 spiro atoms. The van der Waals surface area contributed by atoms with Crippen LogP contribution in [0.25, 0.3) is 33.9 Å². The van der Waals surface area contributed by atoms with Crippen LogP contribution < -0.4 is 5.32 Å². The number of hydrogen-bond acceptors (Lipinski definition) is 7. The first-order valence-electron chi connectivity index (χ1n) is 11.6. The molecule has 0 saturated heterocycles. The average molecular weight is 494 g/mol. The van der Waals surface area contributed by atoms with Gasteiger partial charge in [-0.2, -0.15) is 4.68 Å². The fourth-order valence-corrected chi connectivity index (χ4v) is 4.03. The van der Waals surface area contributed by atoms with Crippen LogP contribution in [0.5, 0.6) is 0 Å². The van der Waals surface area contributed by atoms with Gasteiger partial charge in [0.2, 0.25) is 0 Å². The predicted octanol–water partition coefficient (Wildman–Crippen LogP) is 4.51. The van der Waals surface area contributed by atoms with Crippen molar-refractivity contribution in [1.82, 2.24) is 25.5 Å². The van der Waals surface area contributed by atoms with Gasteiger partial charge < -0.3 is 14.5 Å². The van der Waals surface area contributed by atoms with Gasteiger partial charge in [-0.15, -0.1) is 5.10 Å². The van der Waals surface area contributed by atoms with Gasteiger partial charge >= 0.3 is 5.97 Å². The minimum atomic E-state index is -0.783. The third-order valence-electron chi connectivity index (χ3n) is 5.76. The fraction of sp³-hybridized carbons (Fsp3) is 0.107. The number of esters is 1. The molecule has 0 aliphatic rings. The quantitative estimate of drug-likeness (QED) is 0.250. The molecule has 184 valence electrons. The molecule has 5 rings (SSSR count). The second kappa shape index (κ2) is 10.7. The normalized spacial score (nSPS) is 12.3. The van der Waals surface area contributed by atoms with Crippen molar-refractivity contribution in [3.05, 3.63) is 103 Å². The van der Waals surface area contributed by atoms with Crippen molar-refractivity contribution in [3.63, 3.8) is 0 Å². The second-order valence-corrected chi connectivity index (χ2v) is 8.26. The molecule has 37 heavy (non-hydrogen) atoms. The zero-order valence-electron chi connectivity index (χ0n) is 19.9. The summed E-state index contributed by atoms with van der Waals surface area (Å²) in [7, 11) is 0. The maximum atomic E-state index is 13.2. The second-order valence-electron chi connectivity index (χ2n) is 8.26. The van der Waals surface area contributed by atoms with E-state index in [4.69, 9.17) is 9.15 Å². The molecular formula is C28H23N5O4. The van der Waals surface area contributed by atoms with Crippen molar-refractivity contribution in [2.75, 3.05) is 6.61 Å². The first-order chi connectivity index (χ1) is 18.1. The summed E-state index contributed by atoms with van der Waals surface area (Å²) in [5, 5.41) is 16.8. The van der Waals surface area contributed by atoms with Crippen LogP contribution in [0.2, 0.25) is 0 Å². The Bertz CT molecular complexity index is 1550. The molecule has 2 heterocycles. The first kappa shape index (κ1) is 23.7. The molecule has 1 amide bonds. The SMILES string of the molecule is CC(NC(=O)COC(=O)/C(=C/c1ccco1)n1nnnc1-c1ccccc1)c1cccc2ccccc12. The minimum absolute atomic E-state index is 0.00583. The molecule has 2 aromatic heterocycles. The van der Waals surface area contributed by atoms with Gasteiger partial charge in [-0.05, 0) is 45.8 Å². The number of fused-ring (bicyclic) bond motifs is 1. The van der Waals surface area contributed by atoms with Crippen molar-refractivity contribution in [1.29, 1.82) is 0 Å². The number of ether oxygens (including phenoxy) is 1. The Morgan fingerprint density at radius 2 is 1.78 bits per heavy atom. The van der Waals surface area contributed by atoms with Crippen molar-refractivity contribution in [2.24, 2.45) is 0 Å². The van der Waals surface area contributed by atoms with Gasteiger partial charge in [0.1, 0.15) is 5.76 Å². The maximum Gasteiger partial charge on any atom is 0.357 e. The number of tetrazole rings is 1. The van der Waals surface area contributed by atoms with Crippen LogP contribution in [0.1, 0.15) is 24.3 Å². The molecule has 0 saturated carbocycles. The van der Waals surface area contributed by atoms with Crippen molar-refractivity contribution >= 4 is 34.4 Å². The van der Waals surface area contributed by atoms with Gasteiger partial charge in [0.15, 0.2) is 18.1 Å². The highest BCUT2D eigenvalue weighted by Crippen LogP contribution is 2.24. The summed E-state index contributed by atoms with van der Waals surface area (Å²) >= 11 is 0. The van der Waals surface area contributed by atoms with Crippen LogP contribution in [-0.2, 0) is 14.3 Å². The van der Waals surface area contributed by atoms with E-state index in [1.807, 2.05) is 79.7 Å². The smallest absolute Gasteiger partial charge is 0.357 e. The van der Waals surface area contributed by atoms with Crippen LogP contribution in [0, 0.1) is 0 Å². The van der Waals surface area contributed by atoms with Gasteiger partial charge in [0.05, 0.1) is 12.3 Å². The highest BCUT2D eigenvalue weighted by molar-refractivity contribution is 6.15. The van der Waals surface area contributed by atoms with Crippen LogP contribution in [0.15, 0.2) is 95.6 Å². The Balaban J connectivity index is 1.33. The number of hydrogen-bond donors (Lipinski definition) is 1. The Hall–Kier alpha value is -5.05. The molecule has 0 fully saturated rings. The number of rotatable bonds is 8. The van der Waals surface area contributed by atoms with E-state index in [0.29, 0.717) is 17.1 Å². The number of carbonyl (C=O) groups excluding carboxylic acids is 2. The Labute approximate surface area is 212 Å². The number of nitrogens with one attached hydrogen (secondary N) is 1. The molecule has 3 aromatic carbocycles. The number of carbonyl (C=O) groups is 2. The summed E-state index contributed by atoms with van der Waals surface area (Å²) in [4.78, 5) is 25.9. The summed E-state index contributed by atoms with van der Waals surface area (Å²) < 4.78 is 12.0. The number of amides is 1. The number of aromatic nitrogens is 4. The Kier molecular flexibility index (Phi) is 6.84. The lowest BCUT2D eigenvalue weighted by molar-refractivity contribution is -0.143. The molecule has 1 unspecified atom stereocenters. The highest BCUT2D eigenvalue weighted by Gasteiger charge is 2.22. The third kappa shape index (κ3) is 5.30. The van der Waals surface area contributed by atoms with E-state index in [9.17, 15) is 9.59 Å². The molecule has 0 aliphatic heterocycles. The van der Waals surface area contributed by atoms with E-state index in [1.165, 1.54) is 17.0 Å². The first-order valence-corrected chi connectivity index (χ1v) is 11.6. The van der Waals surface area contributed by atoms with Gasteiger partial charge in [0, 0.05) is 11.6 Å². The largest absolute Gasteiger partial charge is 0.465 e. The molecule has 9 nitrogen and oxygen atoms in total. The standard InChI is InChI=1S/C28H23N5O4/c1-19(23-15-7-12-20-9-5-6-14-24(20)23)29-26(34)18-37-28(35)25(17-22-13-8-16-36-22)33-27(30-31-32-33)21-10-3-2-4-11-21/h2-17,19H,18H2,1H3,(H,29,34)/b25-17-. The van der Waals surface area contributed by atoms with Crippen LogP contribution in [0.4, 0.5) is 0 Å². The van der Waals surface area contributed by atoms with Gasteiger partial charge in [-0.3, -0.25) is 4.79 Å². The lowest BCUT2D eigenvalue weighted by Gasteiger charge is -2.17. The van der Waals surface area contributed by atoms with Crippen molar-refractivity contribution in [2.45, 2.75) is 13.0 Å². The van der Waals surface area contributed by atoms with Crippen LogP contribution >= 0.6 is 0 Å². The molecule has 1 atom stereocenters. The number of furan rings is 1. The van der Waals surface area contributed by atoms with Crippen LogP contribution in [-0.4, -0.2) is 38.7 Å². The lowest BCUT2D eigenvalue weighted by Crippen LogP contribution is -2.31. The molecule has 9 heteroatoms. The van der Waals surface area contributed by atoms with Gasteiger partial charge in [-0.25, -0.2) is 4.79 Å². The van der Waals surface area contributed by atoms with Gasteiger partial charge in [-0.1, -0.05) is 72.8 Å². The molecule has 0 radical (unpaired) electrons. The molecule has 1 N–H and O–H groups in total. The van der Waals surface area contributed by atoms with Gasteiger partial charge in [0.25, 0.3) is 5.91 Å². The summed E-state index contributed by atoms with van der Waals surface area (Å²) in [5.41, 5.74) is 1.67. The topological polar surface area (TPSA) is 112 Å². The summed E-state index contributed by atoms with van der Waals surface area (Å²) in [6.45, 7) is 1.41. The Morgan fingerprint density at radius 3 is 2.59 bits per heavy atom. The van der Waals surface area contributed by atoms with E-state index in [2.05, 4.69) is 20.8 Å². The van der Waals surface area contributed by atoms with E-state index in [1.54, 1.807) is 12.1 Å². The molecule has 0 aliphatic carbocycles. The van der Waals surface area contributed by atoms with E-state index in [-0.39, 0.29) is 11.7 Å². The fourth-order valence-electron chi connectivity index (χ4n) is 4.03. The summed E-state index contributed by atoms with van der Waals surface area (Å²) in [6, 6.07) is 26.1. The maximum absolute atomic E-state index is 13.2.